The average molecular weight is 564 g/mol. The maximum Gasteiger partial charge on any atom is 0.231 e. The Morgan fingerprint density at radius 1 is 1.10 bits per heavy atom. The van der Waals surface area contributed by atoms with E-state index in [0.29, 0.717) is 27.9 Å². The van der Waals surface area contributed by atoms with E-state index in [9.17, 15) is 4.21 Å². The summed E-state index contributed by atoms with van der Waals surface area (Å²) >= 11 is 0. The Bertz CT molecular complexity index is 1380. The van der Waals surface area contributed by atoms with E-state index in [-0.39, 0.29) is 23.1 Å². The number of piperidine rings is 1. The Kier molecular flexibility index (Phi) is 9.42. The molecule has 0 saturated carbocycles. The molecule has 0 spiro atoms. The summed E-state index contributed by atoms with van der Waals surface area (Å²) in [4.78, 5) is 12.2. The molecular formula is C30H41N7O2S. The van der Waals surface area contributed by atoms with Crippen LogP contribution in [0.2, 0.25) is 0 Å². The van der Waals surface area contributed by atoms with E-state index in [1.807, 2.05) is 52.0 Å². The van der Waals surface area contributed by atoms with Crippen LogP contribution >= 0.6 is 0 Å². The molecule has 0 aliphatic carbocycles. The molecule has 5 N–H and O–H groups in total. The molecule has 1 aliphatic heterocycles. The Labute approximate surface area is 239 Å². The quantitative estimate of drug-likeness (QED) is 0.222. The molecule has 2 aromatic carbocycles. The summed E-state index contributed by atoms with van der Waals surface area (Å²) in [6.07, 6.45) is 3.34. The van der Waals surface area contributed by atoms with Gasteiger partial charge in [0.05, 0.1) is 38.7 Å². The largest absolute Gasteiger partial charge is 0.489 e. The highest BCUT2D eigenvalue weighted by Gasteiger charge is 2.23. The number of para-hydroxylation sites is 1. The van der Waals surface area contributed by atoms with Gasteiger partial charge in [-0.3, -0.25) is 4.21 Å². The molecule has 1 aliphatic rings. The molecule has 10 heteroatoms. The van der Waals surface area contributed by atoms with Crippen LogP contribution in [0.3, 0.4) is 0 Å². The fourth-order valence-electron chi connectivity index (χ4n) is 4.94. The monoisotopic (exact) mass is 563 g/mol. The number of nitrogens with two attached hydrogens (primary N) is 1. The zero-order valence-corrected chi connectivity index (χ0v) is 25.1. The lowest BCUT2D eigenvalue weighted by Crippen LogP contribution is -2.29. The van der Waals surface area contributed by atoms with E-state index in [1.165, 1.54) is 11.1 Å². The number of nitrogen functional groups attached to an aromatic ring is 1. The van der Waals surface area contributed by atoms with Crippen molar-refractivity contribution >= 4 is 46.0 Å². The fraction of sp³-hybridized carbons (Fsp3) is 0.433. The molecular weight excluding hydrogens is 522 g/mol. The molecule has 1 fully saturated rings. The van der Waals surface area contributed by atoms with Gasteiger partial charge in [-0.05, 0) is 95.1 Å². The van der Waals surface area contributed by atoms with Crippen molar-refractivity contribution < 1.29 is 8.95 Å². The minimum absolute atomic E-state index is 0.0181. The van der Waals surface area contributed by atoms with Gasteiger partial charge in [0.25, 0.3) is 0 Å². The van der Waals surface area contributed by atoms with Crippen LogP contribution in [0.5, 0.6) is 5.75 Å². The van der Waals surface area contributed by atoms with E-state index in [0.717, 1.165) is 43.6 Å². The van der Waals surface area contributed by atoms with Crippen molar-refractivity contribution in [3.63, 3.8) is 0 Å². The minimum Gasteiger partial charge on any atom is -0.489 e. The van der Waals surface area contributed by atoms with Crippen LogP contribution in [0.25, 0.3) is 0 Å². The molecule has 0 radical (unpaired) electrons. The number of ether oxygens (including phenoxy) is 1. The van der Waals surface area contributed by atoms with Gasteiger partial charge in [-0.1, -0.05) is 26.0 Å². The zero-order valence-electron chi connectivity index (χ0n) is 24.2. The summed E-state index contributed by atoms with van der Waals surface area (Å²) in [6, 6.07) is 11.6. The number of anilines is 5. The lowest BCUT2D eigenvalue weighted by atomic mass is 9.86. The van der Waals surface area contributed by atoms with Crippen molar-refractivity contribution in [1.29, 1.82) is 5.41 Å². The van der Waals surface area contributed by atoms with Gasteiger partial charge in [-0.15, -0.1) is 0 Å². The minimum atomic E-state index is -1.22. The van der Waals surface area contributed by atoms with Crippen molar-refractivity contribution in [1.82, 2.24) is 14.9 Å². The summed E-state index contributed by atoms with van der Waals surface area (Å²) in [5, 5.41) is 14.5. The molecule has 1 unspecified atom stereocenters. The second-order valence-electron chi connectivity index (χ2n) is 10.9. The van der Waals surface area contributed by atoms with Crippen LogP contribution in [0.4, 0.5) is 29.0 Å². The number of hydrogen-bond acceptors (Lipinski definition) is 9. The van der Waals surface area contributed by atoms with E-state index in [2.05, 4.69) is 51.6 Å². The normalized spacial score (nSPS) is 15.3. The van der Waals surface area contributed by atoms with Gasteiger partial charge < -0.3 is 31.4 Å². The molecule has 214 valence electrons. The smallest absolute Gasteiger partial charge is 0.231 e. The highest BCUT2D eigenvalue weighted by Crippen LogP contribution is 2.38. The molecule has 40 heavy (non-hydrogen) atoms. The van der Waals surface area contributed by atoms with E-state index < -0.39 is 10.8 Å². The van der Waals surface area contributed by atoms with Crippen LogP contribution in [-0.4, -0.2) is 56.8 Å². The summed E-state index contributed by atoms with van der Waals surface area (Å²) < 4.78 is 19.2. The van der Waals surface area contributed by atoms with E-state index in [4.69, 9.17) is 15.9 Å². The van der Waals surface area contributed by atoms with Gasteiger partial charge in [-0.2, -0.15) is 9.97 Å². The lowest BCUT2D eigenvalue weighted by molar-refractivity contribution is 0.241. The number of nitrogens with zero attached hydrogens (tertiary/aromatic N) is 3. The molecule has 3 aromatic rings. The van der Waals surface area contributed by atoms with E-state index in [1.54, 1.807) is 0 Å². The van der Waals surface area contributed by atoms with Crippen molar-refractivity contribution in [2.45, 2.75) is 69.6 Å². The maximum atomic E-state index is 12.9. The molecule has 2 heterocycles. The van der Waals surface area contributed by atoms with Crippen molar-refractivity contribution in [3.05, 3.63) is 53.1 Å². The van der Waals surface area contributed by atoms with E-state index >= 15 is 0 Å². The predicted molar refractivity (Wildman–Crippen MR) is 165 cm³/mol. The van der Waals surface area contributed by atoms with Gasteiger partial charge >= 0.3 is 0 Å². The highest BCUT2D eigenvalue weighted by molar-refractivity contribution is 7.85. The number of nitrogens with one attached hydrogen (secondary N) is 3. The zero-order chi connectivity index (χ0) is 29.0. The van der Waals surface area contributed by atoms with Crippen LogP contribution < -0.4 is 21.1 Å². The maximum absolute atomic E-state index is 12.9. The number of rotatable bonds is 10. The third-order valence-corrected chi connectivity index (χ3v) is 8.69. The molecule has 9 nitrogen and oxygen atoms in total. The number of benzene rings is 2. The standard InChI is InChI=1S/C30H41N7O2S/c1-18(2)39-26-16-22(21-11-13-37(6)14-12-21)20(5)15-25(26)34-30-35-28(32)23(17-31)29(36-30)33-24-9-7-8-10-27(24)40(38)19(3)4/h7-10,15-19,21,31H,11-14H2,1-6H3,(H4,32,33,34,35,36). The first-order valence-electron chi connectivity index (χ1n) is 13.8. The molecule has 1 atom stereocenters. The first kappa shape index (κ1) is 29.5. The first-order valence-corrected chi connectivity index (χ1v) is 15.0. The van der Waals surface area contributed by atoms with Gasteiger partial charge in [0.15, 0.2) is 0 Å². The van der Waals surface area contributed by atoms with Crippen LogP contribution in [-0.2, 0) is 10.8 Å². The Morgan fingerprint density at radius 2 is 1.80 bits per heavy atom. The number of likely N-dealkylation sites (tertiary alicyclic amines) is 1. The summed E-state index contributed by atoms with van der Waals surface area (Å²) in [5.74, 6) is 2.01. The van der Waals surface area contributed by atoms with Gasteiger partial charge in [-0.25, -0.2) is 0 Å². The number of hydrogen-bond donors (Lipinski definition) is 4. The van der Waals surface area contributed by atoms with Crippen LogP contribution in [0.15, 0.2) is 41.3 Å². The highest BCUT2D eigenvalue weighted by atomic mass is 32.2. The second-order valence-corrected chi connectivity index (χ2v) is 12.9. The number of aromatic nitrogens is 2. The average Bonchev–Trinajstić information content (AvgIpc) is 2.90. The Morgan fingerprint density at radius 3 is 2.45 bits per heavy atom. The fourth-order valence-corrected chi connectivity index (χ4v) is 6.00. The third-order valence-electron chi connectivity index (χ3n) is 7.04. The molecule has 1 saturated heterocycles. The predicted octanol–water partition coefficient (Wildman–Crippen LogP) is 5.96. The van der Waals surface area contributed by atoms with Gasteiger partial charge in [0, 0.05) is 11.5 Å². The first-order chi connectivity index (χ1) is 19.1. The van der Waals surface area contributed by atoms with Crippen LogP contribution in [0, 0.1) is 12.3 Å². The van der Waals surface area contributed by atoms with Crippen molar-refractivity contribution in [2.24, 2.45) is 0 Å². The van der Waals surface area contributed by atoms with Crippen molar-refractivity contribution in [3.8, 4) is 5.75 Å². The Balaban J connectivity index is 1.70. The van der Waals surface area contributed by atoms with Crippen LogP contribution in [0.1, 0.15) is 63.1 Å². The van der Waals surface area contributed by atoms with Crippen molar-refractivity contribution in [2.75, 3.05) is 36.5 Å². The topological polar surface area (TPSA) is 129 Å². The van der Waals surface area contributed by atoms with Gasteiger partial charge in [0.1, 0.15) is 17.4 Å². The van der Waals surface area contributed by atoms with Gasteiger partial charge in [0.2, 0.25) is 5.95 Å². The second kappa shape index (κ2) is 12.8. The molecule has 0 amide bonds. The number of aryl methyl sites for hydroxylation is 1. The SMILES string of the molecule is Cc1cc(Nc2nc(N)c(C=N)c(Nc3ccccc3S(=O)C(C)C)n2)c(OC(C)C)cc1C1CCN(C)CC1. The third kappa shape index (κ3) is 6.79. The summed E-state index contributed by atoms with van der Waals surface area (Å²) in [6.45, 7) is 12.1. The Hall–Kier alpha value is -3.50. The summed E-state index contributed by atoms with van der Waals surface area (Å²) in [7, 11) is 0.953. The lowest BCUT2D eigenvalue weighted by Gasteiger charge is -2.30. The molecule has 0 bridgehead atoms. The molecule has 1 aromatic heterocycles. The summed E-state index contributed by atoms with van der Waals surface area (Å²) in [5.41, 5.74) is 10.5. The molecule has 4 rings (SSSR count).